The zero-order valence-electron chi connectivity index (χ0n) is 11.9. The van der Waals surface area contributed by atoms with Crippen LogP contribution in [-0.4, -0.2) is 17.5 Å². The molecule has 2 aliphatic rings. The van der Waals surface area contributed by atoms with Crippen molar-refractivity contribution in [3.8, 4) is 0 Å². The molecule has 0 bridgehead atoms. The molecule has 2 saturated carbocycles. The molecule has 0 saturated heterocycles. The molecule has 0 amide bonds. The average Bonchev–Trinajstić information content (AvgIpc) is 3.31. The lowest BCUT2D eigenvalue weighted by Crippen LogP contribution is -2.33. The van der Waals surface area contributed by atoms with Gasteiger partial charge in [0.1, 0.15) is 0 Å². The lowest BCUT2D eigenvalue weighted by molar-refractivity contribution is 0.379. The van der Waals surface area contributed by atoms with Gasteiger partial charge in [0.05, 0.1) is 0 Å². The summed E-state index contributed by atoms with van der Waals surface area (Å²) in [6, 6.07) is 10.0. The van der Waals surface area contributed by atoms with Gasteiger partial charge in [-0.05, 0) is 61.8 Å². The standard InChI is InChI=1S/C17H25NS/c1-19-17-10-8-16(9-11-17)18-12-13-2-4-14(5-3-13)15-6-7-15/h2-5,15-18H,6-12H2,1H3. The first-order valence-electron chi connectivity index (χ1n) is 7.70. The Bertz CT molecular complexity index is 388. The molecule has 19 heavy (non-hydrogen) atoms. The molecule has 0 radical (unpaired) electrons. The molecule has 0 aliphatic heterocycles. The molecule has 2 aliphatic carbocycles. The van der Waals surface area contributed by atoms with Gasteiger partial charge < -0.3 is 5.32 Å². The predicted octanol–water partition coefficient (Wildman–Crippen LogP) is 4.33. The van der Waals surface area contributed by atoms with Crippen LogP contribution in [0.3, 0.4) is 0 Å². The minimum absolute atomic E-state index is 0.742. The summed E-state index contributed by atoms with van der Waals surface area (Å²) in [5.41, 5.74) is 2.99. The SMILES string of the molecule is CSC1CCC(NCc2ccc(C3CC3)cc2)CC1. The van der Waals surface area contributed by atoms with Crippen LogP contribution in [0.2, 0.25) is 0 Å². The van der Waals surface area contributed by atoms with E-state index in [-0.39, 0.29) is 0 Å². The Balaban J connectivity index is 1.44. The van der Waals surface area contributed by atoms with Gasteiger partial charge in [0.2, 0.25) is 0 Å². The number of hydrogen-bond donors (Lipinski definition) is 1. The third kappa shape index (κ3) is 3.76. The Morgan fingerprint density at radius 2 is 1.68 bits per heavy atom. The van der Waals surface area contributed by atoms with Crippen LogP contribution in [-0.2, 0) is 6.54 Å². The molecule has 3 rings (SSSR count). The molecule has 0 heterocycles. The zero-order chi connectivity index (χ0) is 13.1. The van der Waals surface area contributed by atoms with Gasteiger partial charge in [-0.25, -0.2) is 0 Å². The fourth-order valence-electron chi connectivity index (χ4n) is 3.09. The van der Waals surface area contributed by atoms with Crippen molar-refractivity contribution in [2.75, 3.05) is 6.26 Å². The minimum atomic E-state index is 0.742. The van der Waals surface area contributed by atoms with Crippen molar-refractivity contribution in [2.24, 2.45) is 0 Å². The number of benzene rings is 1. The van der Waals surface area contributed by atoms with Crippen molar-refractivity contribution in [3.63, 3.8) is 0 Å². The molecular weight excluding hydrogens is 250 g/mol. The van der Waals surface area contributed by atoms with Crippen LogP contribution in [0.15, 0.2) is 24.3 Å². The first kappa shape index (κ1) is 13.5. The van der Waals surface area contributed by atoms with Gasteiger partial charge in [0.15, 0.2) is 0 Å². The highest BCUT2D eigenvalue weighted by molar-refractivity contribution is 7.99. The number of nitrogens with one attached hydrogen (secondary N) is 1. The Hall–Kier alpha value is -0.470. The van der Waals surface area contributed by atoms with Crippen LogP contribution in [0, 0.1) is 0 Å². The third-order valence-corrected chi connectivity index (χ3v) is 5.77. The molecule has 0 aromatic heterocycles. The summed E-state index contributed by atoms with van der Waals surface area (Å²) in [5.74, 6) is 0.879. The van der Waals surface area contributed by atoms with E-state index in [1.807, 2.05) is 11.8 Å². The topological polar surface area (TPSA) is 12.0 Å². The van der Waals surface area contributed by atoms with Crippen LogP contribution in [0.1, 0.15) is 55.6 Å². The maximum atomic E-state index is 3.74. The summed E-state index contributed by atoms with van der Waals surface area (Å²) in [5, 5.41) is 4.65. The smallest absolute Gasteiger partial charge is 0.0208 e. The Labute approximate surface area is 121 Å². The van der Waals surface area contributed by atoms with Crippen LogP contribution >= 0.6 is 11.8 Å². The van der Waals surface area contributed by atoms with Crippen molar-refractivity contribution in [1.82, 2.24) is 5.32 Å². The van der Waals surface area contributed by atoms with Gasteiger partial charge in [-0.15, -0.1) is 0 Å². The van der Waals surface area contributed by atoms with Crippen molar-refractivity contribution in [1.29, 1.82) is 0 Å². The van der Waals surface area contributed by atoms with E-state index in [9.17, 15) is 0 Å². The highest BCUT2D eigenvalue weighted by Gasteiger charge is 2.23. The second kappa shape index (κ2) is 6.32. The molecule has 0 unspecified atom stereocenters. The summed E-state index contributed by atoms with van der Waals surface area (Å²) in [6.07, 6.45) is 10.5. The first-order valence-corrected chi connectivity index (χ1v) is 8.99. The monoisotopic (exact) mass is 275 g/mol. The molecular formula is C17H25NS. The van der Waals surface area contributed by atoms with Crippen LogP contribution < -0.4 is 5.32 Å². The van der Waals surface area contributed by atoms with Crippen molar-refractivity contribution in [2.45, 2.75) is 62.3 Å². The maximum absolute atomic E-state index is 3.74. The molecule has 0 atom stereocenters. The lowest BCUT2D eigenvalue weighted by Gasteiger charge is -2.28. The molecule has 2 heteroatoms. The first-order chi connectivity index (χ1) is 9.35. The van der Waals surface area contributed by atoms with E-state index < -0.39 is 0 Å². The van der Waals surface area contributed by atoms with E-state index in [1.165, 1.54) is 44.1 Å². The number of hydrogen-bond acceptors (Lipinski definition) is 2. The molecule has 1 aromatic carbocycles. The molecule has 2 fully saturated rings. The normalized spacial score (nSPS) is 27.4. The van der Waals surface area contributed by atoms with Gasteiger partial charge in [0.25, 0.3) is 0 Å². The zero-order valence-corrected chi connectivity index (χ0v) is 12.7. The molecule has 104 valence electrons. The maximum Gasteiger partial charge on any atom is 0.0208 e. The van der Waals surface area contributed by atoms with Crippen LogP contribution in [0.4, 0.5) is 0 Å². The van der Waals surface area contributed by atoms with E-state index in [1.54, 1.807) is 5.56 Å². The Kier molecular flexibility index (Phi) is 4.49. The van der Waals surface area contributed by atoms with Crippen LogP contribution in [0.5, 0.6) is 0 Å². The van der Waals surface area contributed by atoms with Crippen LogP contribution in [0.25, 0.3) is 0 Å². The van der Waals surface area contributed by atoms with E-state index >= 15 is 0 Å². The highest BCUT2D eigenvalue weighted by atomic mass is 32.2. The van der Waals surface area contributed by atoms with Gasteiger partial charge in [-0.2, -0.15) is 11.8 Å². The van der Waals surface area contributed by atoms with Crippen molar-refractivity contribution >= 4 is 11.8 Å². The van der Waals surface area contributed by atoms with Gasteiger partial charge in [0, 0.05) is 17.8 Å². The minimum Gasteiger partial charge on any atom is -0.310 e. The largest absolute Gasteiger partial charge is 0.310 e. The summed E-state index contributed by atoms with van der Waals surface area (Å²) in [6.45, 7) is 1.04. The summed E-state index contributed by atoms with van der Waals surface area (Å²) in [7, 11) is 0. The summed E-state index contributed by atoms with van der Waals surface area (Å²) < 4.78 is 0. The highest BCUT2D eigenvalue weighted by Crippen LogP contribution is 2.39. The summed E-state index contributed by atoms with van der Waals surface area (Å²) in [4.78, 5) is 0. The summed E-state index contributed by atoms with van der Waals surface area (Å²) >= 11 is 2.04. The second-order valence-electron chi connectivity index (χ2n) is 6.11. The Morgan fingerprint density at radius 1 is 1.00 bits per heavy atom. The van der Waals surface area contributed by atoms with Crippen molar-refractivity contribution in [3.05, 3.63) is 35.4 Å². The molecule has 1 N–H and O–H groups in total. The Morgan fingerprint density at radius 3 is 2.26 bits per heavy atom. The lowest BCUT2D eigenvalue weighted by atomic mass is 9.95. The van der Waals surface area contributed by atoms with Gasteiger partial charge >= 0.3 is 0 Å². The molecule has 0 spiro atoms. The fourth-order valence-corrected chi connectivity index (χ4v) is 3.83. The quantitative estimate of drug-likeness (QED) is 0.858. The van der Waals surface area contributed by atoms with Crippen molar-refractivity contribution < 1.29 is 0 Å². The number of thioether (sulfide) groups is 1. The van der Waals surface area contributed by atoms with E-state index in [2.05, 4.69) is 35.8 Å². The van der Waals surface area contributed by atoms with E-state index in [0.29, 0.717) is 0 Å². The second-order valence-corrected chi connectivity index (χ2v) is 7.24. The fraction of sp³-hybridized carbons (Fsp3) is 0.647. The third-order valence-electron chi connectivity index (χ3n) is 4.63. The van der Waals surface area contributed by atoms with E-state index in [4.69, 9.17) is 0 Å². The molecule has 1 nitrogen and oxygen atoms in total. The molecule has 1 aromatic rings. The predicted molar refractivity (Wildman–Crippen MR) is 84.8 cm³/mol. The van der Waals surface area contributed by atoms with E-state index in [0.717, 1.165) is 23.8 Å². The van der Waals surface area contributed by atoms with Gasteiger partial charge in [-0.3, -0.25) is 0 Å². The number of rotatable bonds is 5. The average molecular weight is 275 g/mol. The van der Waals surface area contributed by atoms with Gasteiger partial charge in [-0.1, -0.05) is 24.3 Å².